The molecular formula is C35H30ClIN2O6. The molecule has 0 unspecified atom stereocenters. The summed E-state index contributed by atoms with van der Waals surface area (Å²) in [5.74, 6) is 0.0173. The minimum atomic E-state index is -0.841. The lowest BCUT2D eigenvalue weighted by atomic mass is 10.1. The Morgan fingerprint density at radius 2 is 1.62 bits per heavy atom. The molecule has 0 spiro atoms. The molecule has 1 heterocycles. The molecule has 0 radical (unpaired) electrons. The third kappa shape index (κ3) is 7.49. The predicted molar refractivity (Wildman–Crippen MR) is 182 cm³/mol. The van der Waals surface area contributed by atoms with Crippen molar-refractivity contribution in [1.29, 1.82) is 0 Å². The molecule has 8 nitrogen and oxygen atoms in total. The summed E-state index contributed by atoms with van der Waals surface area (Å²) in [5, 5.41) is 2.86. The van der Waals surface area contributed by atoms with E-state index in [4.69, 9.17) is 25.8 Å². The van der Waals surface area contributed by atoms with E-state index in [2.05, 4.69) is 53.9 Å². The summed E-state index contributed by atoms with van der Waals surface area (Å²) in [7, 11) is 0. The number of carbonyl (C=O) groups excluding carboxylic acids is 3. The van der Waals surface area contributed by atoms with Crippen molar-refractivity contribution in [1.82, 2.24) is 5.32 Å². The Kier molecular flexibility index (Phi) is 10.1. The normalized spacial score (nSPS) is 14.0. The molecule has 4 aromatic carbocycles. The number of urea groups is 1. The number of nitrogens with one attached hydrogen (secondary N) is 1. The third-order valence-corrected chi connectivity index (χ3v) is 8.32. The van der Waals surface area contributed by atoms with Crippen molar-refractivity contribution in [2.45, 2.75) is 34.0 Å². The molecule has 5 rings (SSSR count). The summed E-state index contributed by atoms with van der Waals surface area (Å²) in [6.45, 7) is 6.96. The van der Waals surface area contributed by atoms with Crippen molar-refractivity contribution in [3.05, 3.63) is 121 Å². The fourth-order valence-corrected chi connectivity index (χ4v) is 5.62. The highest BCUT2D eigenvalue weighted by atomic mass is 127. The number of imide groups is 2. The molecule has 1 N–H and O–H groups in total. The molecule has 45 heavy (non-hydrogen) atoms. The molecule has 0 aliphatic carbocycles. The lowest BCUT2D eigenvalue weighted by Crippen LogP contribution is -2.54. The van der Waals surface area contributed by atoms with Gasteiger partial charge in [-0.1, -0.05) is 48.0 Å². The first-order valence-corrected chi connectivity index (χ1v) is 15.6. The van der Waals surface area contributed by atoms with Gasteiger partial charge in [0.05, 0.1) is 15.9 Å². The molecule has 10 heteroatoms. The first kappa shape index (κ1) is 32.1. The molecule has 0 bridgehead atoms. The van der Waals surface area contributed by atoms with Gasteiger partial charge in [-0.15, -0.1) is 0 Å². The minimum absolute atomic E-state index is 0.198. The molecular weight excluding hydrogens is 707 g/mol. The Labute approximate surface area is 280 Å². The Morgan fingerprint density at radius 3 is 2.33 bits per heavy atom. The quantitative estimate of drug-likeness (QED) is 0.102. The summed E-state index contributed by atoms with van der Waals surface area (Å²) >= 11 is 8.34. The van der Waals surface area contributed by atoms with E-state index in [1.54, 1.807) is 42.5 Å². The second-order valence-electron chi connectivity index (χ2n) is 10.3. The third-order valence-electron chi connectivity index (χ3n) is 7.15. The number of amides is 4. The fraction of sp³-hybridized carbons (Fsp3) is 0.171. The van der Waals surface area contributed by atoms with Gasteiger partial charge in [0.25, 0.3) is 11.8 Å². The topological polar surface area (TPSA) is 94.2 Å². The number of benzene rings is 4. The van der Waals surface area contributed by atoms with Crippen LogP contribution in [0.3, 0.4) is 0 Å². The largest absolute Gasteiger partial charge is 0.490 e. The van der Waals surface area contributed by atoms with Crippen LogP contribution in [-0.4, -0.2) is 24.5 Å². The van der Waals surface area contributed by atoms with Gasteiger partial charge in [0.15, 0.2) is 11.5 Å². The maximum absolute atomic E-state index is 13.5. The summed E-state index contributed by atoms with van der Waals surface area (Å²) in [5.41, 5.74) is 4.85. The van der Waals surface area contributed by atoms with Crippen LogP contribution in [0.2, 0.25) is 5.02 Å². The Bertz CT molecular complexity index is 1800. The van der Waals surface area contributed by atoms with Gasteiger partial charge >= 0.3 is 6.03 Å². The van der Waals surface area contributed by atoms with Crippen LogP contribution < -0.4 is 24.4 Å². The predicted octanol–water partition coefficient (Wildman–Crippen LogP) is 7.78. The summed E-state index contributed by atoms with van der Waals surface area (Å²) in [6, 6.07) is 22.6. The second-order valence-corrected chi connectivity index (χ2v) is 11.9. The molecule has 0 saturated carbocycles. The highest BCUT2D eigenvalue weighted by Crippen LogP contribution is 2.36. The second kappa shape index (κ2) is 14.2. The lowest BCUT2D eigenvalue weighted by Gasteiger charge is -2.26. The lowest BCUT2D eigenvalue weighted by molar-refractivity contribution is -0.122. The number of hydrogen-bond donors (Lipinski definition) is 1. The molecule has 4 aromatic rings. The first-order chi connectivity index (χ1) is 21.6. The number of ether oxygens (including phenoxy) is 3. The number of hydrogen-bond acceptors (Lipinski definition) is 6. The zero-order valence-corrected chi connectivity index (χ0v) is 27.8. The van der Waals surface area contributed by atoms with E-state index in [0.717, 1.165) is 19.6 Å². The Balaban J connectivity index is 1.36. The molecule has 1 saturated heterocycles. The van der Waals surface area contributed by atoms with Crippen LogP contribution in [0.5, 0.6) is 17.2 Å². The molecule has 0 aromatic heterocycles. The van der Waals surface area contributed by atoms with Gasteiger partial charge in [-0.3, -0.25) is 14.9 Å². The maximum Gasteiger partial charge on any atom is 0.335 e. The number of barbiturate groups is 1. The molecule has 1 aliphatic heterocycles. The average molecular weight is 737 g/mol. The number of anilines is 1. The minimum Gasteiger partial charge on any atom is -0.490 e. The highest BCUT2D eigenvalue weighted by Gasteiger charge is 2.37. The molecule has 0 atom stereocenters. The van der Waals surface area contributed by atoms with Crippen LogP contribution in [0.25, 0.3) is 6.08 Å². The van der Waals surface area contributed by atoms with Gasteiger partial charge in [0.2, 0.25) is 0 Å². The molecule has 230 valence electrons. The van der Waals surface area contributed by atoms with Gasteiger partial charge in [0.1, 0.15) is 24.5 Å². The van der Waals surface area contributed by atoms with E-state index in [0.29, 0.717) is 41.0 Å². The van der Waals surface area contributed by atoms with E-state index < -0.39 is 17.8 Å². The van der Waals surface area contributed by atoms with Crippen LogP contribution in [0.15, 0.2) is 84.4 Å². The van der Waals surface area contributed by atoms with Crippen LogP contribution >= 0.6 is 34.2 Å². The summed E-state index contributed by atoms with van der Waals surface area (Å²) < 4.78 is 18.6. The summed E-state index contributed by atoms with van der Waals surface area (Å²) in [6.07, 6.45) is 1.44. The smallest absolute Gasteiger partial charge is 0.335 e. The van der Waals surface area contributed by atoms with E-state index >= 15 is 0 Å². The maximum atomic E-state index is 13.5. The highest BCUT2D eigenvalue weighted by molar-refractivity contribution is 14.1. The van der Waals surface area contributed by atoms with Crippen molar-refractivity contribution in [3.8, 4) is 17.2 Å². The first-order valence-electron chi connectivity index (χ1n) is 14.2. The Hall–Kier alpha value is -4.35. The van der Waals surface area contributed by atoms with E-state index in [1.165, 1.54) is 17.2 Å². The van der Waals surface area contributed by atoms with Gasteiger partial charge in [0, 0.05) is 10.6 Å². The SMILES string of the molecule is CCOc1cc(/C=C2\C(=O)NC(=O)N(c3ccc(OCc4ccccc4Cl)cc3)C2=O)cc(I)c1OCc1ccc(C)c(C)c1. The number of halogens is 2. The number of carbonyl (C=O) groups is 3. The van der Waals surface area contributed by atoms with Crippen LogP contribution in [0.1, 0.15) is 34.7 Å². The van der Waals surface area contributed by atoms with E-state index in [9.17, 15) is 14.4 Å². The number of rotatable bonds is 10. The van der Waals surface area contributed by atoms with Crippen molar-refractivity contribution < 1.29 is 28.6 Å². The van der Waals surface area contributed by atoms with Crippen molar-refractivity contribution in [2.24, 2.45) is 0 Å². The zero-order valence-electron chi connectivity index (χ0n) is 24.9. The van der Waals surface area contributed by atoms with Crippen LogP contribution in [-0.2, 0) is 22.8 Å². The number of nitrogens with zero attached hydrogens (tertiary/aromatic N) is 1. The monoisotopic (exact) mass is 736 g/mol. The van der Waals surface area contributed by atoms with Crippen LogP contribution in [0, 0.1) is 17.4 Å². The van der Waals surface area contributed by atoms with E-state index in [-0.39, 0.29) is 17.9 Å². The van der Waals surface area contributed by atoms with Crippen molar-refractivity contribution in [3.63, 3.8) is 0 Å². The Morgan fingerprint density at radius 1 is 0.867 bits per heavy atom. The van der Waals surface area contributed by atoms with Gasteiger partial charge < -0.3 is 14.2 Å². The molecule has 4 amide bonds. The molecule has 1 fully saturated rings. The summed E-state index contributed by atoms with van der Waals surface area (Å²) in [4.78, 5) is 40.1. The van der Waals surface area contributed by atoms with Crippen LogP contribution in [0.4, 0.5) is 10.5 Å². The van der Waals surface area contributed by atoms with Crippen molar-refractivity contribution in [2.75, 3.05) is 11.5 Å². The molecule has 1 aliphatic rings. The van der Waals surface area contributed by atoms with Crippen molar-refractivity contribution >= 4 is 63.8 Å². The van der Waals surface area contributed by atoms with Gasteiger partial charge in [-0.2, -0.15) is 0 Å². The van der Waals surface area contributed by atoms with Gasteiger partial charge in [-0.05, 0) is 114 Å². The average Bonchev–Trinajstić information content (AvgIpc) is 3.01. The van der Waals surface area contributed by atoms with E-state index in [1.807, 2.05) is 31.2 Å². The van der Waals surface area contributed by atoms with Gasteiger partial charge in [-0.25, -0.2) is 9.69 Å². The number of aryl methyl sites for hydroxylation is 2. The fourth-order valence-electron chi connectivity index (χ4n) is 4.65. The standard InChI is InChI=1S/C35H30ClIN2O6/c1-4-43-31-18-24(17-30(37)32(31)45-19-23-10-9-21(2)22(3)15-23)16-28-33(40)38-35(42)39(34(28)41)26-11-13-27(14-12-26)44-20-25-7-5-6-8-29(25)36/h5-18H,4,19-20H2,1-3H3,(H,38,40,42)/b28-16+. The zero-order chi connectivity index (χ0) is 32.1.